The Balaban J connectivity index is 1.73. The number of aromatic nitrogens is 2. The third-order valence-electron chi connectivity index (χ3n) is 4.58. The number of fused-ring (bicyclic) bond motifs is 1. The van der Waals surface area contributed by atoms with E-state index in [1.807, 2.05) is 60.7 Å². The second-order valence-corrected chi connectivity index (χ2v) is 8.67. The number of hydrogen-bond acceptors (Lipinski definition) is 3. The van der Waals surface area contributed by atoms with Crippen LogP contribution in [0.1, 0.15) is 11.4 Å². The Morgan fingerprint density at radius 2 is 1.76 bits per heavy atom. The van der Waals surface area contributed by atoms with Gasteiger partial charge in [-0.25, -0.2) is 18.1 Å². The lowest BCUT2D eigenvalue weighted by atomic mass is 10.1. The van der Waals surface area contributed by atoms with Gasteiger partial charge in [0.2, 0.25) is 10.0 Å². The lowest BCUT2D eigenvalue weighted by Gasteiger charge is -2.09. The number of imidazole rings is 1. The molecule has 3 aromatic carbocycles. The first-order valence-corrected chi connectivity index (χ1v) is 10.8. The van der Waals surface area contributed by atoms with Crippen molar-refractivity contribution in [3.63, 3.8) is 0 Å². The molecule has 0 aliphatic carbocycles. The van der Waals surface area contributed by atoms with Crippen molar-refractivity contribution >= 4 is 44.8 Å². The van der Waals surface area contributed by atoms with Gasteiger partial charge in [-0.3, -0.25) is 0 Å². The number of nitrogens with zero attached hydrogens (tertiary/aromatic N) is 1. The molecule has 1 heterocycles. The Hall–Kier alpha value is -2.93. The predicted molar refractivity (Wildman–Crippen MR) is 118 cm³/mol. The van der Waals surface area contributed by atoms with Crippen molar-refractivity contribution in [3.8, 4) is 11.1 Å². The summed E-state index contributed by atoms with van der Waals surface area (Å²) in [5.74, 6) is 0.688. The predicted octanol–water partition coefficient (Wildman–Crippen LogP) is 4.96. The zero-order valence-electron chi connectivity index (χ0n) is 15.6. The van der Waals surface area contributed by atoms with Gasteiger partial charge in [-0.1, -0.05) is 54.1 Å². The lowest BCUT2D eigenvalue weighted by molar-refractivity contribution is 0.588. The highest BCUT2D eigenvalue weighted by molar-refractivity contribution is 7.89. The van der Waals surface area contributed by atoms with E-state index in [1.165, 1.54) is 7.05 Å². The minimum Gasteiger partial charge on any atom is -0.338 e. The van der Waals surface area contributed by atoms with Crippen LogP contribution in [-0.2, 0) is 10.0 Å². The molecule has 0 saturated carbocycles. The van der Waals surface area contributed by atoms with Crippen LogP contribution in [0.4, 0.5) is 0 Å². The van der Waals surface area contributed by atoms with Crippen molar-refractivity contribution in [2.75, 3.05) is 7.05 Å². The van der Waals surface area contributed by atoms with Gasteiger partial charge in [0.25, 0.3) is 0 Å². The minimum absolute atomic E-state index is 0.236. The molecule has 0 aliphatic rings. The van der Waals surface area contributed by atoms with Gasteiger partial charge in [0.05, 0.1) is 15.9 Å². The summed E-state index contributed by atoms with van der Waals surface area (Å²) in [6.45, 7) is 0. The highest BCUT2D eigenvalue weighted by Gasteiger charge is 2.17. The number of hydrogen-bond donors (Lipinski definition) is 2. The third kappa shape index (κ3) is 3.96. The molecule has 0 aliphatic heterocycles. The fourth-order valence-electron chi connectivity index (χ4n) is 3.10. The summed E-state index contributed by atoms with van der Waals surface area (Å²) >= 11 is 6.19. The van der Waals surface area contributed by atoms with Crippen molar-refractivity contribution in [1.29, 1.82) is 0 Å². The average molecular weight is 424 g/mol. The zero-order chi connectivity index (χ0) is 20.4. The van der Waals surface area contributed by atoms with Crippen LogP contribution in [0.25, 0.3) is 34.3 Å². The van der Waals surface area contributed by atoms with Crippen LogP contribution >= 0.6 is 11.6 Å². The second-order valence-electron chi connectivity index (χ2n) is 6.41. The molecule has 0 atom stereocenters. The Morgan fingerprint density at radius 3 is 2.55 bits per heavy atom. The maximum atomic E-state index is 12.4. The topological polar surface area (TPSA) is 74.8 Å². The van der Waals surface area contributed by atoms with E-state index in [4.69, 9.17) is 11.6 Å². The number of aromatic amines is 1. The standard InChI is InChI=1S/C22H18ClN3O2S/c1-24-29(27,28)21-9-5-3-7-17(21)16-10-12-19-20(14-16)26-22(25-19)13-11-15-6-2-4-8-18(15)23/h2-14,24H,1H3,(H,25,26)/b13-11+. The van der Waals surface area contributed by atoms with Crippen molar-refractivity contribution in [2.45, 2.75) is 4.90 Å². The molecule has 4 rings (SSSR count). The number of nitrogens with one attached hydrogen (secondary N) is 2. The first kappa shape index (κ1) is 19.4. The smallest absolute Gasteiger partial charge is 0.240 e. The second kappa shape index (κ2) is 7.83. The largest absolute Gasteiger partial charge is 0.338 e. The minimum atomic E-state index is -3.57. The van der Waals surface area contributed by atoms with Gasteiger partial charge in [0, 0.05) is 10.6 Å². The molecule has 0 bridgehead atoms. The van der Waals surface area contributed by atoms with Gasteiger partial charge in [0.15, 0.2) is 0 Å². The van der Waals surface area contributed by atoms with E-state index in [0.29, 0.717) is 16.4 Å². The maximum absolute atomic E-state index is 12.4. The van der Waals surface area contributed by atoms with Gasteiger partial charge < -0.3 is 4.98 Å². The summed E-state index contributed by atoms with van der Waals surface area (Å²) in [7, 11) is -2.16. The number of halogens is 1. The van der Waals surface area contributed by atoms with Gasteiger partial charge in [-0.2, -0.15) is 0 Å². The molecule has 0 spiro atoms. The van der Waals surface area contributed by atoms with E-state index in [2.05, 4.69) is 14.7 Å². The molecule has 5 nitrogen and oxygen atoms in total. The summed E-state index contributed by atoms with van der Waals surface area (Å²) in [6.07, 6.45) is 3.76. The number of rotatable bonds is 5. The van der Waals surface area contributed by atoms with E-state index in [0.717, 1.165) is 22.2 Å². The average Bonchev–Trinajstić information content (AvgIpc) is 3.15. The van der Waals surface area contributed by atoms with Crippen molar-refractivity contribution in [2.24, 2.45) is 0 Å². The summed E-state index contributed by atoms with van der Waals surface area (Å²) in [5.41, 5.74) is 3.93. The van der Waals surface area contributed by atoms with E-state index in [-0.39, 0.29) is 4.90 Å². The molecular formula is C22H18ClN3O2S. The fraction of sp³-hybridized carbons (Fsp3) is 0.0455. The Labute approximate surface area is 174 Å². The number of sulfonamides is 1. The Morgan fingerprint density at radius 1 is 1.00 bits per heavy atom. The van der Waals surface area contributed by atoms with Crippen LogP contribution < -0.4 is 4.72 Å². The van der Waals surface area contributed by atoms with Crippen LogP contribution in [0, 0.1) is 0 Å². The highest BCUT2D eigenvalue weighted by atomic mass is 35.5. The summed E-state index contributed by atoms with van der Waals surface area (Å²) in [5, 5.41) is 0.671. The quantitative estimate of drug-likeness (QED) is 0.476. The normalized spacial score (nSPS) is 12.1. The summed E-state index contributed by atoms with van der Waals surface area (Å²) in [4.78, 5) is 8.06. The monoisotopic (exact) mass is 423 g/mol. The molecule has 7 heteroatoms. The molecule has 29 heavy (non-hydrogen) atoms. The molecule has 0 radical (unpaired) electrons. The number of H-pyrrole nitrogens is 1. The van der Waals surface area contributed by atoms with Crippen molar-refractivity contribution < 1.29 is 8.42 Å². The van der Waals surface area contributed by atoms with Crippen molar-refractivity contribution in [3.05, 3.63) is 83.1 Å². The molecule has 146 valence electrons. The van der Waals surface area contributed by atoms with Gasteiger partial charge in [0.1, 0.15) is 5.82 Å². The molecule has 1 aromatic heterocycles. The molecule has 0 unspecified atom stereocenters. The van der Waals surface area contributed by atoms with Gasteiger partial charge >= 0.3 is 0 Å². The van der Waals surface area contributed by atoms with Crippen LogP contribution in [0.15, 0.2) is 71.6 Å². The molecular weight excluding hydrogens is 406 g/mol. The Bertz CT molecular complexity index is 1330. The van der Waals surface area contributed by atoms with E-state index in [9.17, 15) is 8.42 Å². The summed E-state index contributed by atoms with van der Waals surface area (Å²) in [6, 6.07) is 20.1. The maximum Gasteiger partial charge on any atom is 0.240 e. The molecule has 0 fully saturated rings. The fourth-order valence-corrected chi connectivity index (χ4v) is 4.26. The zero-order valence-corrected chi connectivity index (χ0v) is 17.1. The van der Waals surface area contributed by atoms with Crippen LogP contribution in [0.2, 0.25) is 5.02 Å². The van der Waals surface area contributed by atoms with Gasteiger partial charge in [-0.15, -0.1) is 0 Å². The van der Waals surface area contributed by atoms with Crippen LogP contribution in [0.3, 0.4) is 0 Å². The lowest BCUT2D eigenvalue weighted by Crippen LogP contribution is -2.19. The molecule has 4 aromatic rings. The van der Waals surface area contributed by atoms with E-state index < -0.39 is 10.0 Å². The number of benzene rings is 3. The molecule has 2 N–H and O–H groups in total. The highest BCUT2D eigenvalue weighted by Crippen LogP contribution is 2.29. The van der Waals surface area contributed by atoms with Crippen molar-refractivity contribution in [1.82, 2.24) is 14.7 Å². The van der Waals surface area contributed by atoms with E-state index in [1.54, 1.807) is 18.2 Å². The van der Waals surface area contributed by atoms with E-state index >= 15 is 0 Å². The molecule has 0 amide bonds. The van der Waals surface area contributed by atoms with Gasteiger partial charge in [-0.05, 0) is 54.6 Å². The summed E-state index contributed by atoms with van der Waals surface area (Å²) < 4.78 is 27.1. The van der Waals surface area contributed by atoms with Crippen LogP contribution in [-0.4, -0.2) is 25.4 Å². The third-order valence-corrected chi connectivity index (χ3v) is 6.40. The SMILES string of the molecule is CNS(=O)(=O)c1ccccc1-c1ccc2nc(/C=C/c3ccccc3Cl)[nH]c2c1. The first-order valence-electron chi connectivity index (χ1n) is 8.93. The van der Waals surface area contributed by atoms with Crippen LogP contribution in [0.5, 0.6) is 0 Å². The Kier molecular flexibility index (Phi) is 5.24. The molecule has 0 saturated heterocycles. The first-order chi connectivity index (χ1) is 14.0.